The second-order valence-electron chi connectivity index (χ2n) is 10.0. The van der Waals surface area contributed by atoms with Gasteiger partial charge in [-0.15, -0.1) is 0 Å². The average molecular weight is 648 g/mol. The lowest BCUT2D eigenvalue weighted by Gasteiger charge is -2.42. The molecule has 3 saturated heterocycles. The molecule has 1 aromatic rings. The van der Waals surface area contributed by atoms with Crippen LogP contribution in [0.15, 0.2) is 21.9 Å². The van der Waals surface area contributed by atoms with Crippen molar-refractivity contribution in [1.29, 1.82) is 0 Å². The minimum Gasteiger partial charge on any atom is -0.387 e. The van der Waals surface area contributed by atoms with E-state index in [9.17, 15) is 65.0 Å². The Kier molecular flexibility index (Phi) is 10.9. The molecule has 0 spiro atoms. The third-order valence-corrected chi connectivity index (χ3v) is 8.00. The maximum Gasteiger partial charge on any atom is 0.472 e. The number of hydrogen-bond donors (Lipinski definition) is 11. The summed E-state index contributed by atoms with van der Waals surface area (Å²) in [5.41, 5.74) is -1.68. The van der Waals surface area contributed by atoms with Gasteiger partial charge < -0.3 is 69.8 Å². The lowest BCUT2D eigenvalue weighted by atomic mass is 9.98. The lowest BCUT2D eigenvalue weighted by Crippen LogP contribution is -2.61. The van der Waals surface area contributed by atoms with E-state index < -0.39 is 125 Å². The first-order valence-electron chi connectivity index (χ1n) is 12.7. The molecule has 3 fully saturated rings. The van der Waals surface area contributed by atoms with Crippen molar-refractivity contribution in [1.82, 2.24) is 9.55 Å². The summed E-state index contributed by atoms with van der Waals surface area (Å²) in [4.78, 5) is 35.3. The van der Waals surface area contributed by atoms with Crippen LogP contribution in [-0.2, 0) is 32.6 Å². The van der Waals surface area contributed by atoms with Gasteiger partial charge in [-0.3, -0.25) is 23.4 Å². The van der Waals surface area contributed by atoms with E-state index in [0.717, 1.165) is 16.8 Å². The Labute approximate surface area is 240 Å². The van der Waals surface area contributed by atoms with E-state index in [4.69, 9.17) is 28.0 Å². The highest BCUT2D eigenvalue weighted by Crippen LogP contribution is 2.45. The first kappa shape index (κ1) is 34.1. The Morgan fingerprint density at radius 3 is 1.86 bits per heavy atom. The topological polar surface area (TPSA) is 330 Å². The Balaban J connectivity index is 1.30. The zero-order valence-corrected chi connectivity index (χ0v) is 22.8. The summed E-state index contributed by atoms with van der Waals surface area (Å²) in [6.07, 6.45) is -23.1. The number of aromatic amines is 1. The highest BCUT2D eigenvalue weighted by molar-refractivity contribution is 7.47. The SMILES string of the molecule is O=c1ccn([C@@H]2O[C@H](COP(=O)(O)OC[C@H]3O[C@H](OC[C@H]4OC(O)[C@H](O)[C@@H](O)[C@@H]4O)[C@H](O)[C@@H](O)[C@H]3O)[C@@H](O)[C@H]2O)c(=O)[nH]1. The number of nitrogens with one attached hydrogen (secondary N) is 1. The van der Waals surface area contributed by atoms with Gasteiger partial charge in [-0.05, 0) is 0 Å². The van der Waals surface area contributed by atoms with E-state index in [1.807, 2.05) is 4.98 Å². The molecule has 0 aliphatic carbocycles. The minimum absolute atomic E-state index is 0.663. The van der Waals surface area contributed by atoms with Crippen molar-refractivity contribution in [3.05, 3.63) is 33.1 Å². The molecular formula is C21H33N2O19P. The van der Waals surface area contributed by atoms with Crippen LogP contribution in [0.2, 0.25) is 0 Å². The van der Waals surface area contributed by atoms with Crippen molar-refractivity contribution in [3.63, 3.8) is 0 Å². The first-order chi connectivity index (χ1) is 20.1. The molecule has 0 aromatic carbocycles. The van der Waals surface area contributed by atoms with Crippen LogP contribution in [0.3, 0.4) is 0 Å². The summed E-state index contributed by atoms with van der Waals surface area (Å²) < 4.78 is 43.7. The smallest absolute Gasteiger partial charge is 0.387 e. The summed E-state index contributed by atoms with van der Waals surface area (Å²) in [7, 11) is -5.01. The van der Waals surface area contributed by atoms with Crippen LogP contribution in [-0.4, -0.2) is 160 Å². The first-order valence-corrected chi connectivity index (χ1v) is 14.2. The van der Waals surface area contributed by atoms with E-state index in [2.05, 4.69) is 0 Å². The molecule has 2 unspecified atom stereocenters. The summed E-state index contributed by atoms with van der Waals surface area (Å²) in [6, 6.07) is 0.962. The van der Waals surface area contributed by atoms with Crippen molar-refractivity contribution < 1.29 is 83.4 Å². The second-order valence-corrected chi connectivity index (χ2v) is 11.5. The standard InChI is InChI=1S/C21H33N2O19P/c24-9-1-2-23(21(34)22-9)18-15(30)12(27)7(40-18)4-38-43(35,36)39-5-8-11(26)14(29)17(32)20(42-8)37-3-6-10(25)13(28)16(31)19(33)41-6/h1-2,6-8,10-20,25-33H,3-5H2,(H,35,36)(H,22,24,34)/t6-,7-,8-,10-,11+,12-,13+,14+,15-,16-,17-,18-,19?,20+/m1/s1. The van der Waals surface area contributed by atoms with E-state index in [0.29, 0.717) is 0 Å². The number of aliphatic hydroxyl groups is 9. The van der Waals surface area contributed by atoms with Crippen LogP contribution >= 0.6 is 7.82 Å². The fourth-order valence-electron chi connectivity index (χ4n) is 4.55. The molecule has 0 bridgehead atoms. The number of phosphoric acid groups is 1. The molecule has 246 valence electrons. The van der Waals surface area contributed by atoms with Gasteiger partial charge >= 0.3 is 13.5 Å². The van der Waals surface area contributed by atoms with Crippen molar-refractivity contribution in [2.75, 3.05) is 19.8 Å². The van der Waals surface area contributed by atoms with Gasteiger partial charge in [0.1, 0.15) is 67.1 Å². The molecule has 15 atom stereocenters. The molecule has 3 aliphatic heterocycles. The van der Waals surface area contributed by atoms with Crippen LogP contribution < -0.4 is 11.2 Å². The number of nitrogens with zero attached hydrogens (tertiary/aromatic N) is 1. The van der Waals surface area contributed by atoms with Gasteiger partial charge in [-0.2, -0.15) is 0 Å². The Bertz CT molecular complexity index is 1250. The quantitative estimate of drug-likeness (QED) is 0.105. The molecule has 4 heterocycles. The number of H-pyrrole nitrogens is 1. The average Bonchev–Trinajstić information content (AvgIpc) is 3.24. The molecular weight excluding hydrogens is 615 g/mol. The summed E-state index contributed by atoms with van der Waals surface area (Å²) in [6.45, 7) is -2.45. The van der Waals surface area contributed by atoms with Gasteiger partial charge in [0.25, 0.3) is 5.56 Å². The highest BCUT2D eigenvalue weighted by Gasteiger charge is 2.48. The molecule has 0 radical (unpaired) electrons. The number of aromatic nitrogens is 2. The maximum atomic E-state index is 12.5. The van der Waals surface area contributed by atoms with Crippen molar-refractivity contribution >= 4 is 7.82 Å². The zero-order valence-electron chi connectivity index (χ0n) is 21.9. The molecule has 22 heteroatoms. The largest absolute Gasteiger partial charge is 0.472 e. The van der Waals surface area contributed by atoms with Crippen LogP contribution in [0, 0.1) is 0 Å². The monoisotopic (exact) mass is 648 g/mol. The molecule has 0 saturated carbocycles. The number of phosphoric ester groups is 1. The summed E-state index contributed by atoms with van der Waals surface area (Å²) >= 11 is 0. The van der Waals surface area contributed by atoms with Gasteiger partial charge in [-0.1, -0.05) is 0 Å². The van der Waals surface area contributed by atoms with E-state index in [-0.39, 0.29) is 0 Å². The number of ether oxygens (including phenoxy) is 4. The lowest BCUT2D eigenvalue weighted by molar-refractivity contribution is -0.325. The molecule has 1 aromatic heterocycles. The fraction of sp³-hybridized carbons (Fsp3) is 0.810. The fourth-order valence-corrected chi connectivity index (χ4v) is 5.29. The normalized spacial score (nSPS) is 43.4. The molecule has 21 nitrogen and oxygen atoms in total. The van der Waals surface area contributed by atoms with Crippen LogP contribution in [0.25, 0.3) is 0 Å². The molecule has 43 heavy (non-hydrogen) atoms. The Morgan fingerprint density at radius 1 is 0.721 bits per heavy atom. The number of hydrogen-bond acceptors (Lipinski definition) is 18. The second kappa shape index (κ2) is 13.7. The molecule has 3 aliphatic rings. The third kappa shape index (κ3) is 7.57. The van der Waals surface area contributed by atoms with Crippen LogP contribution in [0.4, 0.5) is 0 Å². The van der Waals surface area contributed by atoms with Gasteiger partial charge in [0, 0.05) is 12.3 Å². The molecule has 11 N–H and O–H groups in total. The highest BCUT2D eigenvalue weighted by atomic mass is 31.2. The van der Waals surface area contributed by atoms with E-state index in [1.165, 1.54) is 0 Å². The van der Waals surface area contributed by atoms with Gasteiger partial charge in [0.2, 0.25) is 0 Å². The third-order valence-electron chi connectivity index (χ3n) is 7.05. The number of aliphatic hydroxyl groups excluding tert-OH is 9. The van der Waals surface area contributed by atoms with Crippen LogP contribution in [0.1, 0.15) is 6.23 Å². The van der Waals surface area contributed by atoms with Gasteiger partial charge in [0.05, 0.1) is 19.8 Å². The van der Waals surface area contributed by atoms with Gasteiger partial charge in [-0.25, -0.2) is 9.36 Å². The van der Waals surface area contributed by atoms with E-state index >= 15 is 0 Å². The van der Waals surface area contributed by atoms with Gasteiger partial charge in [0.15, 0.2) is 18.8 Å². The van der Waals surface area contributed by atoms with Crippen LogP contribution in [0.5, 0.6) is 0 Å². The molecule has 0 amide bonds. The summed E-state index contributed by atoms with van der Waals surface area (Å²) in [5, 5.41) is 90.1. The predicted octanol–water partition coefficient (Wildman–Crippen LogP) is -7.09. The Morgan fingerprint density at radius 2 is 1.26 bits per heavy atom. The Hall–Kier alpha value is -1.73. The maximum absolute atomic E-state index is 12.5. The predicted molar refractivity (Wildman–Crippen MR) is 131 cm³/mol. The van der Waals surface area contributed by atoms with E-state index in [1.54, 1.807) is 0 Å². The zero-order chi connectivity index (χ0) is 31.8. The number of rotatable bonds is 10. The minimum atomic E-state index is -5.01. The van der Waals surface area contributed by atoms with Crippen molar-refractivity contribution in [2.45, 2.75) is 86.0 Å². The van der Waals surface area contributed by atoms with Crippen molar-refractivity contribution in [2.24, 2.45) is 0 Å². The van der Waals surface area contributed by atoms with Crippen molar-refractivity contribution in [3.8, 4) is 0 Å². The summed E-state index contributed by atoms with van der Waals surface area (Å²) in [5.74, 6) is 0. The molecule has 4 rings (SSSR count).